The van der Waals surface area contributed by atoms with Crippen molar-refractivity contribution in [1.82, 2.24) is 10.2 Å². The molecule has 36 heavy (non-hydrogen) atoms. The highest BCUT2D eigenvalue weighted by Gasteiger charge is 2.61. The Labute approximate surface area is 218 Å². The summed E-state index contributed by atoms with van der Waals surface area (Å²) in [5.74, 6) is 2.09. The SMILES string of the molecule is C#CCC1=C(C)[C@@H](OC(=O)C2C(C=C(C)C)C2(C)C)CC1=O.CNC(=O)ON=C(SC)C(=O)N(C)C. The van der Waals surface area contributed by atoms with Gasteiger partial charge < -0.3 is 15.0 Å². The van der Waals surface area contributed by atoms with Gasteiger partial charge in [0.2, 0.25) is 5.04 Å². The van der Waals surface area contributed by atoms with E-state index in [4.69, 9.17) is 11.2 Å². The second kappa shape index (κ2) is 13.3. The summed E-state index contributed by atoms with van der Waals surface area (Å²) in [5.41, 5.74) is 2.58. The van der Waals surface area contributed by atoms with Gasteiger partial charge >= 0.3 is 12.1 Å². The number of nitrogens with one attached hydrogen (secondary N) is 1. The fourth-order valence-electron chi connectivity index (χ4n) is 3.82. The van der Waals surface area contributed by atoms with Gasteiger partial charge in [-0.3, -0.25) is 19.2 Å². The number of carbonyl (C=O) groups excluding carboxylic acids is 4. The first-order valence-electron chi connectivity index (χ1n) is 11.5. The van der Waals surface area contributed by atoms with Crippen molar-refractivity contribution in [1.29, 1.82) is 0 Å². The van der Waals surface area contributed by atoms with Gasteiger partial charge in [0.1, 0.15) is 6.10 Å². The number of esters is 1. The van der Waals surface area contributed by atoms with Crippen molar-refractivity contribution in [3.63, 3.8) is 0 Å². The number of ether oxygens (including phenoxy) is 1. The number of amides is 2. The maximum absolute atomic E-state index is 12.5. The van der Waals surface area contributed by atoms with Crippen molar-refractivity contribution in [3.8, 4) is 12.3 Å². The van der Waals surface area contributed by atoms with E-state index in [1.54, 1.807) is 20.4 Å². The molecule has 1 fully saturated rings. The molecule has 0 bridgehead atoms. The van der Waals surface area contributed by atoms with Crippen LogP contribution in [0.25, 0.3) is 0 Å². The third-order valence-electron chi connectivity index (χ3n) is 6.08. The van der Waals surface area contributed by atoms with Crippen LogP contribution in [0.5, 0.6) is 0 Å². The van der Waals surface area contributed by atoms with Crippen molar-refractivity contribution in [2.75, 3.05) is 27.4 Å². The first-order chi connectivity index (χ1) is 16.7. The van der Waals surface area contributed by atoms with Crippen LogP contribution in [0.15, 0.2) is 28.0 Å². The molecule has 0 radical (unpaired) electrons. The van der Waals surface area contributed by atoms with E-state index >= 15 is 0 Å². The number of Topliss-reactive ketones (excluding diaryl/α,β-unsaturated/α-hetero) is 1. The summed E-state index contributed by atoms with van der Waals surface area (Å²) >= 11 is 1.11. The molecule has 0 aliphatic heterocycles. The molecular formula is C26H37N3O6S. The second-order valence-electron chi connectivity index (χ2n) is 9.59. The Morgan fingerprint density at radius 3 is 2.39 bits per heavy atom. The van der Waals surface area contributed by atoms with E-state index in [1.807, 2.05) is 20.8 Å². The van der Waals surface area contributed by atoms with Gasteiger partial charge in [0, 0.05) is 33.1 Å². The van der Waals surface area contributed by atoms with Crippen LogP contribution in [0.4, 0.5) is 4.79 Å². The minimum absolute atomic E-state index is 0.00385. The van der Waals surface area contributed by atoms with Gasteiger partial charge in [-0.05, 0) is 43.9 Å². The molecule has 9 nitrogen and oxygen atoms in total. The smallest absolute Gasteiger partial charge is 0.433 e. The molecule has 2 unspecified atom stereocenters. The van der Waals surface area contributed by atoms with E-state index < -0.39 is 12.2 Å². The average Bonchev–Trinajstić information content (AvgIpc) is 3.23. The van der Waals surface area contributed by atoms with E-state index in [0.29, 0.717) is 12.0 Å². The molecule has 0 aromatic carbocycles. The summed E-state index contributed by atoms with van der Waals surface area (Å²) in [7, 11) is 4.59. The van der Waals surface area contributed by atoms with Gasteiger partial charge in [-0.2, -0.15) is 0 Å². The van der Waals surface area contributed by atoms with Gasteiger partial charge in [-0.1, -0.05) is 30.7 Å². The van der Waals surface area contributed by atoms with Crippen molar-refractivity contribution in [2.45, 2.75) is 53.6 Å². The van der Waals surface area contributed by atoms with E-state index in [-0.39, 0.29) is 46.4 Å². The largest absolute Gasteiger partial charge is 0.457 e. The third-order valence-corrected chi connectivity index (χ3v) is 6.72. The first kappa shape index (κ1) is 31.0. The Morgan fingerprint density at radius 2 is 1.92 bits per heavy atom. The zero-order valence-corrected chi connectivity index (χ0v) is 23.4. The van der Waals surface area contributed by atoms with E-state index in [1.165, 1.54) is 17.5 Å². The molecule has 3 atom stereocenters. The maximum atomic E-state index is 12.5. The van der Waals surface area contributed by atoms with Gasteiger partial charge in [0.15, 0.2) is 5.78 Å². The Balaban J connectivity index is 0.000000402. The van der Waals surface area contributed by atoms with Gasteiger partial charge in [-0.15, -0.1) is 24.1 Å². The lowest BCUT2D eigenvalue weighted by atomic mass is 10.1. The molecule has 2 rings (SSSR count). The third kappa shape index (κ3) is 7.98. The lowest BCUT2D eigenvalue weighted by Gasteiger charge is -2.13. The van der Waals surface area contributed by atoms with Crippen LogP contribution in [0.2, 0.25) is 0 Å². The number of nitrogens with zero attached hydrogens (tertiary/aromatic N) is 2. The molecule has 1 saturated carbocycles. The van der Waals surface area contributed by atoms with Crippen molar-refractivity contribution in [3.05, 3.63) is 22.8 Å². The highest BCUT2D eigenvalue weighted by molar-refractivity contribution is 8.15. The molecule has 198 valence electrons. The van der Waals surface area contributed by atoms with Gasteiger partial charge in [-0.25, -0.2) is 4.79 Å². The molecule has 10 heteroatoms. The molecule has 0 aromatic rings. The van der Waals surface area contributed by atoms with E-state index in [0.717, 1.165) is 17.3 Å². The summed E-state index contributed by atoms with van der Waals surface area (Å²) in [6.07, 6.45) is 8.50. The van der Waals surface area contributed by atoms with Crippen LogP contribution in [0.1, 0.15) is 47.5 Å². The van der Waals surface area contributed by atoms with Crippen LogP contribution >= 0.6 is 11.8 Å². The minimum Gasteiger partial charge on any atom is -0.457 e. The zero-order valence-electron chi connectivity index (χ0n) is 22.6. The fourth-order valence-corrected chi connectivity index (χ4v) is 4.29. The number of allylic oxidation sites excluding steroid dienone is 3. The number of thioether (sulfide) groups is 1. The normalized spacial score (nSPS) is 21.9. The Morgan fingerprint density at radius 1 is 1.31 bits per heavy atom. The number of hydrogen-bond donors (Lipinski definition) is 1. The number of hydrogen-bond acceptors (Lipinski definition) is 8. The predicted octanol–water partition coefficient (Wildman–Crippen LogP) is 3.56. The second-order valence-corrected chi connectivity index (χ2v) is 10.4. The molecule has 1 N–H and O–H groups in total. The van der Waals surface area contributed by atoms with Crippen molar-refractivity contribution in [2.24, 2.45) is 22.4 Å². The Bertz CT molecular complexity index is 1020. The molecule has 2 amide bonds. The lowest BCUT2D eigenvalue weighted by molar-refractivity contribution is -0.150. The van der Waals surface area contributed by atoms with E-state index in [9.17, 15) is 19.2 Å². The topological polar surface area (TPSA) is 114 Å². The molecular weight excluding hydrogens is 482 g/mol. The highest BCUT2D eigenvalue weighted by atomic mass is 32.2. The molecule has 0 spiro atoms. The average molecular weight is 520 g/mol. The quantitative estimate of drug-likeness (QED) is 0.112. The number of carbonyl (C=O) groups is 4. The number of rotatable bonds is 5. The van der Waals surface area contributed by atoms with Crippen LogP contribution < -0.4 is 5.32 Å². The lowest BCUT2D eigenvalue weighted by Crippen LogP contribution is -2.28. The van der Waals surface area contributed by atoms with E-state index in [2.05, 4.69) is 41.2 Å². The number of terminal acetylenes is 1. The number of oxime groups is 1. The zero-order chi connectivity index (χ0) is 27.8. The molecule has 0 aromatic heterocycles. The molecule has 0 heterocycles. The summed E-state index contributed by atoms with van der Waals surface area (Å²) in [6.45, 7) is 10.1. The van der Waals surface area contributed by atoms with Crippen LogP contribution in [-0.2, 0) is 24.0 Å². The monoisotopic (exact) mass is 519 g/mol. The predicted molar refractivity (Wildman–Crippen MR) is 141 cm³/mol. The molecule has 0 saturated heterocycles. The fraction of sp³-hybridized carbons (Fsp3) is 0.577. The summed E-state index contributed by atoms with van der Waals surface area (Å²) < 4.78 is 5.63. The molecule has 2 aliphatic carbocycles. The standard InChI is InChI=1S/C19H24O3.C7H13N3O3S/c1-7-8-13-12(4)16(10-15(13)20)22-18(21)17-14(9-11(2)3)19(17,5)6;1-8-7(12)13-9-5(14-4)6(11)10(2)3/h1,9,14,16-17H,8,10H2,2-6H3;1-4H3,(H,8,12)/t14?,16-,17?;/m0./s1. The van der Waals surface area contributed by atoms with Gasteiger partial charge in [0.25, 0.3) is 5.91 Å². The van der Waals surface area contributed by atoms with Crippen molar-refractivity contribution >= 4 is 40.6 Å². The molecule has 2 aliphatic rings. The number of ketones is 1. The summed E-state index contributed by atoms with van der Waals surface area (Å²) in [4.78, 5) is 52.1. The maximum Gasteiger partial charge on any atom is 0.433 e. The Kier molecular flexibility index (Phi) is 11.4. The summed E-state index contributed by atoms with van der Waals surface area (Å²) in [5, 5.41) is 5.74. The van der Waals surface area contributed by atoms with Crippen molar-refractivity contribution < 1.29 is 28.8 Å². The minimum atomic E-state index is -0.705. The van der Waals surface area contributed by atoms with Crippen LogP contribution in [0, 0.1) is 29.6 Å². The van der Waals surface area contributed by atoms with Crippen LogP contribution in [0.3, 0.4) is 0 Å². The van der Waals surface area contributed by atoms with Gasteiger partial charge in [0.05, 0.1) is 12.3 Å². The van der Waals surface area contributed by atoms with Crippen LogP contribution in [-0.4, -0.2) is 67.2 Å². The first-order valence-corrected chi connectivity index (χ1v) is 12.7. The highest BCUT2D eigenvalue weighted by Crippen LogP contribution is 2.60. The summed E-state index contributed by atoms with van der Waals surface area (Å²) in [6, 6.07) is 0. The Hall–Kier alpha value is -3.06.